The summed E-state index contributed by atoms with van der Waals surface area (Å²) in [6.45, 7) is -0.464. The number of sulfonamides is 1. The molecule has 2 N–H and O–H groups in total. The van der Waals surface area contributed by atoms with Crippen molar-refractivity contribution in [3.05, 3.63) is 53.1 Å². The molecule has 1 aromatic heterocycles. The number of nitrogens with one attached hydrogen (secondary N) is 2. The minimum atomic E-state index is -3.91. The lowest BCUT2D eigenvalue weighted by molar-refractivity contribution is -0.119. The second kappa shape index (κ2) is 7.87. The highest BCUT2D eigenvalue weighted by atomic mass is 35.5. The van der Waals surface area contributed by atoms with E-state index in [0.717, 1.165) is 17.3 Å². The van der Waals surface area contributed by atoms with Crippen molar-refractivity contribution in [2.45, 2.75) is 4.90 Å². The lowest BCUT2D eigenvalue weighted by Gasteiger charge is -2.06. The smallest absolute Gasteiger partial charge is 0.255 e. The van der Waals surface area contributed by atoms with E-state index in [-0.39, 0.29) is 10.4 Å². The molecule has 0 saturated carbocycles. The number of rotatable bonds is 6. The van der Waals surface area contributed by atoms with Gasteiger partial charge < -0.3 is 0 Å². The summed E-state index contributed by atoms with van der Waals surface area (Å²) in [5.41, 5.74) is 3.73. The third-order valence-electron chi connectivity index (χ3n) is 3.23. The molecule has 0 saturated heterocycles. The maximum atomic E-state index is 12.4. The molecule has 1 amide bonds. The first-order valence-corrected chi connectivity index (χ1v) is 9.83. The largest absolute Gasteiger partial charge is 0.272 e. The van der Waals surface area contributed by atoms with Crippen molar-refractivity contribution in [2.24, 2.45) is 5.10 Å². The summed E-state index contributed by atoms with van der Waals surface area (Å²) in [6, 6.07) is 11.5. The fraction of sp³-hybridized carbons (Fsp3) is 0.0667. The predicted molar refractivity (Wildman–Crippen MR) is 99.8 cm³/mol. The van der Waals surface area contributed by atoms with Crippen LogP contribution >= 0.6 is 23.3 Å². The van der Waals surface area contributed by atoms with Crippen molar-refractivity contribution < 1.29 is 13.2 Å². The molecule has 0 aliphatic heterocycles. The Kier molecular flexibility index (Phi) is 5.57. The van der Waals surface area contributed by atoms with Crippen molar-refractivity contribution in [3.63, 3.8) is 0 Å². The Balaban J connectivity index is 1.60. The number of hydrazone groups is 1. The molecule has 0 unspecified atom stereocenters. The second-order valence-electron chi connectivity index (χ2n) is 5.06. The molecule has 0 fully saturated rings. The topological polar surface area (TPSA) is 113 Å². The molecule has 8 nitrogen and oxygen atoms in total. The van der Waals surface area contributed by atoms with Gasteiger partial charge in [0.05, 0.1) is 24.5 Å². The fourth-order valence-electron chi connectivity index (χ4n) is 2.00. The van der Waals surface area contributed by atoms with Crippen LogP contribution < -0.4 is 10.1 Å². The highest BCUT2D eigenvalue weighted by Crippen LogP contribution is 2.20. The van der Waals surface area contributed by atoms with Gasteiger partial charge in [0.15, 0.2) is 0 Å². The lowest BCUT2D eigenvalue weighted by atomic mass is 10.2. The van der Waals surface area contributed by atoms with Crippen LogP contribution in [-0.4, -0.2) is 35.8 Å². The van der Waals surface area contributed by atoms with Crippen molar-refractivity contribution in [1.82, 2.24) is 18.9 Å². The van der Waals surface area contributed by atoms with Gasteiger partial charge in [0.2, 0.25) is 10.0 Å². The van der Waals surface area contributed by atoms with Gasteiger partial charge in [-0.2, -0.15) is 13.8 Å². The first-order chi connectivity index (χ1) is 12.5. The number of carbonyl (C=O) groups excluding carboxylic acids is 1. The Labute approximate surface area is 158 Å². The molecule has 1 heterocycles. The average Bonchev–Trinajstić information content (AvgIpc) is 3.10. The van der Waals surface area contributed by atoms with Gasteiger partial charge in [-0.3, -0.25) is 4.79 Å². The zero-order valence-corrected chi connectivity index (χ0v) is 15.5. The van der Waals surface area contributed by atoms with Gasteiger partial charge in [-0.15, -0.1) is 0 Å². The van der Waals surface area contributed by atoms with Crippen molar-refractivity contribution >= 4 is 56.5 Å². The molecule has 0 aliphatic rings. The first kappa shape index (κ1) is 18.4. The Morgan fingerprint density at radius 3 is 2.73 bits per heavy atom. The van der Waals surface area contributed by atoms with Crippen LogP contribution in [-0.2, 0) is 14.8 Å². The van der Waals surface area contributed by atoms with E-state index in [4.69, 9.17) is 11.6 Å². The molecule has 0 atom stereocenters. The number of hydrogen-bond donors (Lipinski definition) is 2. The standard InChI is InChI=1S/C15H12ClN5O3S2/c16-11-6-4-10(5-7-11)8-17-19-14(22)9-18-26(23,24)13-3-1-2-12-15(13)21-25-20-12/h1-8,18H,9H2,(H,19,22)/b17-8-. The monoisotopic (exact) mass is 409 g/mol. The number of benzene rings is 2. The Morgan fingerprint density at radius 1 is 1.19 bits per heavy atom. The van der Waals surface area contributed by atoms with Crippen LogP contribution in [0.1, 0.15) is 5.56 Å². The van der Waals surface area contributed by atoms with Crippen LogP contribution in [0.5, 0.6) is 0 Å². The molecule has 0 radical (unpaired) electrons. The summed E-state index contributed by atoms with van der Waals surface area (Å²) >= 11 is 6.69. The minimum absolute atomic E-state index is 0.0267. The summed E-state index contributed by atoms with van der Waals surface area (Å²) < 4.78 is 34.9. The zero-order valence-electron chi connectivity index (χ0n) is 13.1. The third kappa shape index (κ3) is 4.41. The van der Waals surface area contributed by atoms with Gasteiger partial charge in [0.1, 0.15) is 15.9 Å². The Bertz CT molecular complexity index is 1060. The molecule has 11 heteroatoms. The quantitative estimate of drug-likeness (QED) is 0.475. The average molecular weight is 410 g/mol. The first-order valence-electron chi connectivity index (χ1n) is 7.24. The van der Waals surface area contributed by atoms with Gasteiger partial charge in [0, 0.05) is 5.02 Å². The molecule has 0 aliphatic carbocycles. The lowest BCUT2D eigenvalue weighted by Crippen LogP contribution is -2.35. The summed E-state index contributed by atoms with van der Waals surface area (Å²) in [6.07, 6.45) is 1.42. The van der Waals surface area contributed by atoms with Gasteiger partial charge in [-0.05, 0) is 29.8 Å². The van der Waals surface area contributed by atoms with Gasteiger partial charge in [0.25, 0.3) is 5.91 Å². The maximum absolute atomic E-state index is 12.4. The van der Waals surface area contributed by atoms with Gasteiger partial charge in [-0.25, -0.2) is 18.6 Å². The van der Waals surface area contributed by atoms with E-state index in [1.165, 1.54) is 12.3 Å². The molecule has 2 aromatic carbocycles. The number of aromatic nitrogens is 2. The molecule has 3 rings (SSSR count). The number of amides is 1. The van der Waals surface area contributed by atoms with E-state index in [1.54, 1.807) is 36.4 Å². The van der Waals surface area contributed by atoms with Crippen LogP contribution in [0.25, 0.3) is 11.0 Å². The van der Waals surface area contributed by atoms with E-state index in [9.17, 15) is 13.2 Å². The van der Waals surface area contributed by atoms with Gasteiger partial charge in [-0.1, -0.05) is 29.8 Å². The van der Waals surface area contributed by atoms with Crippen molar-refractivity contribution in [3.8, 4) is 0 Å². The zero-order chi connectivity index (χ0) is 18.6. The second-order valence-corrected chi connectivity index (χ2v) is 7.76. The normalized spacial score (nSPS) is 11.9. The predicted octanol–water partition coefficient (Wildman–Crippen LogP) is 1.77. The molecular weight excluding hydrogens is 398 g/mol. The summed E-state index contributed by atoms with van der Waals surface area (Å²) in [4.78, 5) is 11.8. The van der Waals surface area contributed by atoms with E-state index in [2.05, 4.69) is 24.0 Å². The number of fused-ring (bicyclic) bond motifs is 1. The molecule has 0 spiro atoms. The van der Waals surface area contributed by atoms with Crippen LogP contribution in [0.3, 0.4) is 0 Å². The van der Waals surface area contributed by atoms with Crippen molar-refractivity contribution in [2.75, 3.05) is 6.54 Å². The summed E-state index contributed by atoms with van der Waals surface area (Å²) in [5, 5.41) is 4.35. The van der Waals surface area contributed by atoms with E-state index in [1.807, 2.05) is 0 Å². The molecule has 134 valence electrons. The molecular formula is C15H12ClN5O3S2. The molecule has 26 heavy (non-hydrogen) atoms. The Morgan fingerprint density at radius 2 is 1.96 bits per heavy atom. The fourth-order valence-corrected chi connectivity index (χ4v) is 3.88. The van der Waals surface area contributed by atoms with Crippen LogP contribution in [0.2, 0.25) is 5.02 Å². The van der Waals surface area contributed by atoms with Gasteiger partial charge >= 0.3 is 0 Å². The number of carbonyl (C=O) groups is 1. The minimum Gasteiger partial charge on any atom is -0.272 e. The van der Waals surface area contributed by atoms with E-state index >= 15 is 0 Å². The number of halogens is 1. The van der Waals surface area contributed by atoms with Crippen LogP contribution in [0.15, 0.2) is 52.5 Å². The summed E-state index contributed by atoms with van der Waals surface area (Å²) in [5.74, 6) is -0.609. The SMILES string of the molecule is O=C(CNS(=O)(=O)c1cccc2nsnc12)N/N=C\c1ccc(Cl)cc1. The number of hydrogen-bond acceptors (Lipinski definition) is 7. The van der Waals surface area contributed by atoms with Crippen LogP contribution in [0.4, 0.5) is 0 Å². The Hall–Kier alpha value is -2.40. The van der Waals surface area contributed by atoms with Crippen LogP contribution in [0, 0.1) is 0 Å². The van der Waals surface area contributed by atoms with Crippen molar-refractivity contribution in [1.29, 1.82) is 0 Å². The maximum Gasteiger partial charge on any atom is 0.255 e. The third-order valence-corrected chi connectivity index (χ3v) is 5.46. The van der Waals surface area contributed by atoms with E-state index in [0.29, 0.717) is 10.5 Å². The highest BCUT2D eigenvalue weighted by Gasteiger charge is 2.20. The highest BCUT2D eigenvalue weighted by molar-refractivity contribution is 7.89. The molecule has 0 bridgehead atoms. The van der Waals surface area contributed by atoms with E-state index < -0.39 is 22.5 Å². The number of nitrogens with zero attached hydrogens (tertiary/aromatic N) is 3. The molecule has 3 aromatic rings. The summed E-state index contributed by atoms with van der Waals surface area (Å²) in [7, 11) is -3.91.